The highest BCUT2D eigenvalue weighted by molar-refractivity contribution is 7.80. The maximum atomic E-state index is 12.2. The molecular formula is C20H32N4O3S. The highest BCUT2D eigenvalue weighted by atomic mass is 32.1. The Bertz CT molecular complexity index is 604. The summed E-state index contributed by atoms with van der Waals surface area (Å²) < 4.78 is 11.0. The summed E-state index contributed by atoms with van der Waals surface area (Å²) in [4.78, 5) is 14.6. The van der Waals surface area contributed by atoms with Crippen LogP contribution in [0.5, 0.6) is 5.75 Å². The minimum absolute atomic E-state index is 0.244. The maximum absolute atomic E-state index is 12.2. The first-order valence-corrected chi connectivity index (χ1v) is 10.3. The number of thiocarbonyl (C=S) groups is 1. The number of ether oxygens (including phenoxy) is 2. The van der Waals surface area contributed by atoms with Gasteiger partial charge in [0.1, 0.15) is 5.75 Å². The van der Waals surface area contributed by atoms with Crippen molar-refractivity contribution in [2.24, 2.45) is 5.92 Å². The average molecular weight is 409 g/mol. The molecule has 1 aliphatic rings. The minimum Gasteiger partial charge on any atom is -0.494 e. The predicted molar refractivity (Wildman–Crippen MR) is 114 cm³/mol. The summed E-state index contributed by atoms with van der Waals surface area (Å²) in [6, 6.07) is 7.08. The van der Waals surface area contributed by atoms with Crippen LogP contribution in [-0.4, -0.2) is 61.9 Å². The average Bonchev–Trinajstić information content (AvgIpc) is 2.70. The van der Waals surface area contributed by atoms with Gasteiger partial charge in [-0.25, -0.2) is 0 Å². The van der Waals surface area contributed by atoms with Crippen LogP contribution in [-0.2, 0) is 4.74 Å². The maximum Gasteiger partial charge on any atom is 0.269 e. The number of hydrogen-bond donors (Lipinski definition) is 3. The predicted octanol–water partition coefficient (Wildman–Crippen LogP) is 1.94. The number of hydrazine groups is 1. The van der Waals surface area contributed by atoms with Gasteiger partial charge >= 0.3 is 0 Å². The second-order valence-electron chi connectivity index (χ2n) is 7.20. The smallest absolute Gasteiger partial charge is 0.269 e. The van der Waals surface area contributed by atoms with Crippen molar-refractivity contribution in [3.05, 3.63) is 29.8 Å². The Morgan fingerprint density at radius 2 is 1.93 bits per heavy atom. The molecule has 0 atom stereocenters. The molecule has 2 rings (SSSR count). The quantitative estimate of drug-likeness (QED) is 0.328. The lowest BCUT2D eigenvalue weighted by molar-refractivity contribution is 0.0376. The zero-order chi connectivity index (χ0) is 20.2. The monoisotopic (exact) mass is 408 g/mol. The van der Waals surface area contributed by atoms with Crippen molar-refractivity contribution in [2.45, 2.75) is 26.7 Å². The van der Waals surface area contributed by atoms with E-state index >= 15 is 0 Å². The highest BCUT2D eigenvalue weighted by Gasteiger charge is 2.09. The highest BCUT2D eigenvalue weighted by Crippen LogP contribution is 2.13. The van der Waals surface area contributed by atoms with E-state index in [2.05, 4.69) is 34.9 Å². The van der Waals surface area contributed by atoms with Gasteiger partial charge in [-0.05, 0) is 61.8 Å². The molecule has 0 spiro atoms. The Labute approximate surface area is 173 Å². The summed E-state index contributed by atoms with van der Waals surface area (Å²) in [6.45, 7) is 10.4. The van der Waals surface area contributed by atoms with Crippen LogP contribution in [0.15, 0.2) is 24.3 Å². The van der Waals surface area contributed by atoms with E-state index in [1.807, 2.05) is 0 Å². The van der Waals surface area contributed by atoms with Crippen molar-refractivity contribution in [3.8, 4) is 5.75 Å². The minimum atomic E-state index is -0.244. The first-order valence-electron chi connectivity index (χ1n) is 9.91. The second-order valence-corrected chi connectivity index (χ2v) is 7.61. The summed E-state index contributed by atoms with van der Waals surface area (Å²) in [5.41, 5.74) is 5.88. The van der Waals surface area contributed by atoms with Crippen LogP contribution in [0.1, 0.15) is 37.0 Å². The largest absolute Gasteiger partial charge is 0.494 e. The van der Waals surface area contributed by atoms with Crippen molar-refractivity contribution in [1.82, 2.24) is 21.1 Å². The fourth-order valence-electron chi connectivity index (χ4n) is 2.67. The SMILES string of the molecule is CC(C)CCOc1ccc(C(=O)NNC(=S)NCCCN2CCOCC2)cc1. The number of hydrogen-bond acceptors (Lipinski definition) is 5. The number of carbonyl (C=O) groups excluding carboxylic acids is 1. The lowest BCUT2D eigenvalue weighted by Crippen LogP contribution is -2.47. The Morgan fingerprint density at radius 1 is 1.21 bits per heavy atom. The molecule has 0 saturated carbocycles. The number of nitrogens with one attached hydrogen (secondary N) is 3. The number of carbonyl (C=O) groups is 1. The Kier molecular flexibility index (Phi) is 10.0. The Morgan fingerprint density at radius 3 is 2.61 bits per heavy atom. The van der Waals surface area contributed by atoms with Crippen molar-refractivity contribution in [2.75, 3.05) is 46.0 Å². The number of amides is 1. The van der Waals surface area contributed by atoms with E-state index in [1.165, 1.54) is 0 Å². The lowest BCUT2D eigenvalue weighted by atomic mass is 10.1. The van der Waals surface area contributed by atoms with E-state index in [-0.39, 0.29) is 5.91 Å². The molecule has 0 unspecified atom stereocenters. The topological polar surface area (TPSA) is 74.9 Å². The Balaban J connectivity index is 1.59. The molecule has 1 fully saturated rings. The van der Waals surface area contributed by atoms with E-state index in [9.17, 15) is 4.79 Å². The third-order valence-electron chi connectivity index (χ3n) is 4.41. The van der Waals surface area contributed by atoms with E-state index in [4.69, 9.17) is 21.7 Å². The van der Waals surface area contributed by atoms with Crippen LogP contribution >= 0.6 is 12.2 Å². The van der Waals surface area contributed by atoms with Crippen LogP contribution in [0.25, 0.3) is 0 Å². The molecule has 8 heteroatoms. The van der Waals surface area contributed by atoms with Crippen LogP contribution in [0.3, 0.4) is 0 Å². The first kappa shape index (κ1) is 22.4. The first-order chi connectivity index (χ1) is 13.5. The van der Waals surface area contributed by atoms with Gasteiger partial charge in [-0.2, -0.15) is 0 Å². The standard InChI is InChI=1S/C20H32N4O3S/c1-16(2)8-13-27-18-6-4-17(5-7-18)19(25)22-23-20(28)21-9-3-10-24-11-14-26-15-12-24/h4-7,16H,3,8-15H2,1-2H3,(H,22,25)(H2,21,23,28). The van der Waals surface area contributed by atoms with E-state index < -0.39 is 0 Å². The normalized spacial score (nSPS) is 14.5. The van der Waals surface area contributed by atoms with Crippen LogP contribution < -0.4 is 20.9 Å². The lowest BCUT2D eigenvalue weighted by Gasteiger charge is -2.26. The molecule has 7 nitrogen and oxygen atoms in total. The Hall–Kier alpha value is -1.90. The van der Waals surface area contributed by atoms with Gasteiger partial charge in [0, 0.05) is 25.2 Å². The van der Waals surface area contributed by atoms with Gasteiger partial charge < -0.3 is 14.8 Å². The van der Waals surface area contributed by atoms with Gasteiger partial charge in [-0.1, -0.05) is 13.8 Å². The number of morpholine rings is 1. The van der Waals surface area contributed by atoms with Gasteiger partial charge in [-0.15, -0.1) is 0 Å². The molecule has 1 aromatic carbocycles. The zero-order valence-corrected chi connectivity index (χ0v) is 17.6. The summed E-state index contributed by atoms with van der Waals surface area (Å²) in [5, 5.41) is 3.50. The summed E-state index contributed by atoms with van der Waals surface area (Å²) >= 11 is 5.19. The van der Waals surface area contributed by atoms with Gasteiger partial charge in [0.25, 0.3) is 5.91 Å². The van der Waals surface area contributed by atoms with E-state index in [0.717, 1.165) is 58.0 Å². The van der Waals surface area contributed by atoms with Gasteiger partial charge in [-0.3, -0.25) is 20.5 Å². The molecule has 1 amide bonds. The molecule has 1 aromatic rings. The van der Waals surface area contributed by atoms with E-state index in [1.54, 1.807) is 24.3 Å². The van der Waals surface area contributed by atoms with Crippen molar-refractivity contribution >= 4 is 23.2 Å². The van der Waals surface area contributed by atoms with Crippen molar-refractivity contribution < 1.29 is 14.3 Å². The van der Waals surface area contributed by atoms with Crippen molar-refractivity contribution in [1.29, 1.82) is 0 Å². The molecule has 0 bridgehead atoms. The van der Waals surface area contributed by atoms with Crippen LogP contribution in [0.2, 0.25) is 0 Å². The molecule has 156 valence electrons. The van der Waals surface area contributed by atoms with Gasteiger partial charge in [0.2, 0.25) is 0 Å². The van der Waals surface area contributed by atoms with Gasteiger partial charge in [0.15, 0.2) is 5.11 Å². The second kappa shape index (κ2) is 12.5. The summed E-state index contributed by atoms with van der Waals surface area (Å²) in [7, 11) is 0. The summed E-state index contributed by atoms with van der Waals surface area (Å²) in [6.07, 6.45) is 1.98. The molecule has 1 saturated heterocycles. The van der Waals surface area contributed by atoms with Crippen molar-refractivity contribution in [3.63, 3.8) is 0 Å². The number of rotatable bonds is 9. The molecule has 0 radical (unpaired) electrons. The molecular weight excluding hydrogens is 376 g/mol. The molecule has 1 aliphatic heterocycles. The fourth-order valence-corrected chi connectivity index (χ4v) is 2.83. The fraction of sp³-hybridized carbons (Fsp3) is 0.600. The van der Waals surface area contributed by atoms with Crippen LogP contribution in [0, 0.1) is 5.92 Å². The molecule has 28 heavy (non-hydrogen) atoms. The molecule has 0 aliphatic carbocycles. The van der Waals surface area contributed by atoms with Gasteiger partial charge in [0.05, 0.1) is 19.8 Å². The van der Waals surface area contributed by atoms with Crippen LogP contribution in [0.4, 0.5) is 0 Å². The number of nitrogens with zero attached hydrogens (tertiary/aromatic N) is 1. The third-order valence-corrected chi connectivity index (χ3v) is 4.66. The zero-order valence-electron chi connectivity index (χ0n) is 16.8. The molecule has 1 heterocycles. The molecule has 3 N–H and O–H groups in total. The number of benzene rings is 1. The summed E-state index contributed by atoms with van der Waals surface area (Å²) in [5.74, 6) is 1.13. The third kappa shape index (κ3) is 8.86. The van der Waals surface area contributed by atoms with E-state index in [0.29, 0.717) is 23.2 Å². The molecule has 0 aromatic heterocycles.